The minimum Gasteiger partial charge on any atom is -0.342 e. The molecule has 0 bridgehead atoms. The molecule has 1 aliphatic rings. The molecule has 1 fully saturated rings. The van der Waals surface area contributed by atoms with E-state index < -0.39 is 0 Å². The highest BCUT2D eigenvalue weighted by Crippen LogP contribution is 2.25. The highest BCUT2D eigenvalue weighted by atomic mass is 35.5. The van der Waals surface area contributed by atoms with Crippen LogP contribution in [-0.2, 0) is 6.42 Å². The van der Waals surface area contributed by atoms with E-state index in [9.17, 15) is 0 Å². The topological polar surface area (TPSA) is 40.7 Å². The van der Waals surface area contributed by atoms with E-state index in [2.05, 4.69) is 15.3 Å². The van der Waals surface area contributed by atoms with Gasteiger partial charge in [0.25, 0.3) is 0 Å². The summed E-state index contributed by atoms with van der Waals surface area (Å²) in [5.74, 6) is 1.60. The summed E-state index contributed by atoms with van der Waals surface area (Å²) in [6.07, 6.45) is 2.97. The molecule has 0 saturated carbocycles. The Hall–Kier alpha value is -1.32. The molecule has 1 aliphatic heterocycles. The lowest BCUT2D eigenvalue weighted by Crippen LogP contribution is -2.43. The summed E-state index contributed by atoms with van der Waals surface area (Å²) in [5.41, 5.74) is 2.15. The summed E-state index contributed by atoms with van der Waals surface area (Å²) >= 11 is 6.14. The number of hydrogen-bond acceptors (Lipinski definition) is 2. The van der Waals surface area contributed by atoms with Crippen LogP contribution in [0, 0.1) is 5.92 Å². The molecular formula is C13H14ClN3. The number of hydrogen-bond donors (Lipinski definition) is 2. The molecule has 1 aromatic carbocycles. The van der Waals surface area contributed by atoms with Crippen LogP contribution in [-0.4, -0.2) is 23.1 Å². The summed E-state index contributed by atoms with van der Waals surface area (Å²) in [4.78, 5) is 7.74. The zero-order chi connectivity index (χ0) is 11.7. The maximum Gasteiger partial charge on any atom is 0.138 e. The number of nitrogens with one attached hydrogen (secondary N) is 2. The van der Waals surface area contributed by atoms with E-state index in [1.165, 1.54) is 5.69 Å². The summed E-state index contributed by atoms with van der Waals surface area (Å²) in [6, 6.07) is 7.76. The average Bonchev–Trinajstić information content (AvgIpc) is 2.73. The minimum atomic E-state index is 0.735. The van der Waals surface area contributed by atoms with Crippen molar-refractivity contribution in [1.82, 2.24) is 15.3 Å². The first kappa shape index (κ1) is 10.8. The molecule has 17 heavy (non-hydrogen) atoms. The molecule has 0 radical (unpaired) electrons. The standard InChI is InChI=1S/C13H14ClN3/c14-12-4-2-1-3-11(12)13-16-8-10(17-13)5-9-6-15-7-9/h1-4,8-9,15H,5-7H2,(H,16,17). The van der Waals surface area contributed by atoms with Crippen LogP contribution in [0.1, 0.15) is 5.69 Å². The van der Waals surface area contributed by atoms with E-state index in [4.69, 9.17) is 11.6 Å². The average molecular weight is 248 g/mol. The van der Waals surface area contributed by atoms with E-state index in [0.29, 0.717) is 0 Å². The van der Waals surface area contributed by atoms with Crippen molar-refractivity contribution in [3.8, 4) is 11.4 Å². The Morgan fingerprint density at radius 2 is 2.12 bits per heavy atom. The van der Waals surface area contributed by atoms with Crippen molar-refractivity contribution in [2.75, 3.05) is 13.1 Å². The zero-order valence-corrected chi connectivity index (χ0v) is 10.2. The fourth-order valence-corrected chi connectivity index (χ4v) is 2.28. The molecule has 2 heterocycles. The van der Waals surface area contributed by atoms with Crippen LogP contribution >= 0.6 is 11.6 Å². The third kappa shape index (κ3) is 2.21. The van der Waals surface area contributed by atoms with E-state index >= 15 is 0 Å². The van der Waals surface area contributed by atoms with Gasteiger partial charge in [0, 0.05) is 17.5 Å². The van der Waals surface area contributed by atoms with E-state index in [1.54, 1.807) is 0 Å². The van der Waals surface area contributed by atoms with Crippen molar-refractivity contribution in [3.05, 3.63) is 41.2 Å². The first-order chi connectivity index (χ1) is 8.33. The van der Waals surface area contributed by atoms with Gasteiger partial charge in [-0.25, -0.2) is 4.98 Å². The minimum absolute atomic E-state index is 0.735. The Morgan fingerprint density at radius 3 is 2.82 bits per heavy atom. The lowest BCUT2D eigenvalue weighted by Gasteiger charge is -2.26. The van der Waals surface area contributed by atoms with Gasteiger partial charge >= 0.3 is 0 Å². The number of H-pyrrole nitrogens is 1. The molecule has 0 aliphatic carbocycles. The number of benzene rings is 1. The van der Waals surface area contributed by atoms with Crippen LogP contribution in [0.25, 0.3) is 11.4 Å². The van der Waals surface area contributed by atoms with Crippen molar-refractivity contribution in [2.45, 2.75) is 6.42 Å². The predicted molar refractivity (Wildman–Crippen MR) is 69.1 cm³/mol. The van der Waals surface area contributed by atoms with Crippen molar-refractivity contribution < 1.29 is 0 Å². The SMILES string of the molecule is Clc1ccccc1-c1ncc(CC2CNC2)[nH]1. The Kier molecular flexibility index (Phi) is 2.87. The fourth-order valence-electron chi connectivity index (χ4n) is 2.06. The number of halogens is 1. The molecule has 0 unspecified atom stereocenters. The van der Waals surface area contributed by atoms with Crippen LogP contribution in [0.4, 0.5) is 0 Å². The Bertz CT molecular complexity index is 517. The van der Waals surface area contributed by atoms with Gasteiger partial charge in [-0.05, 0) is 37.6 Å². The summed E-state index contributed by atoms with van der Waals surface area (Å²) in [7, 11) is 0. The van der Waals surface area contributed by atoms with Crippen LogP contribution < -0.4 is 5.32 Å². The first-order valence-electron chi connectivity index (χ1n) is 5.82. The van der Waals surface area contributed by atoms with Gasteiger partial charge in [-0.1, -0.05) is 23.7 Å². The highest BCUT2D eigenvalue weighted by Gasteiger charge is 2.18. The Morgan fingerprint density at radius 1 is 1.29 bits per heavy atom. The van der Waals surface area contributed by atoms with Gasteiger partial charge < -0.3 is 10.3 Å². The summed E-state index contributed by atoms with van der Waals surface area (Å²) < 4.78 is 0. The van der Waals surface area contributed by atoms with Crippen LogP contribution in [0.15, 0.2) is 30.5 Å². The van der Waals surface area contributed by atoms with Gasteiger partial charge in [-0.15, -0.1) is 0 Å². The van der Waals surface area contributed by atoms with Gasteiger partial charge in [-0.2, -0.15) is 0 Å². The molecule has 0 atom stereocenters. The molecule has 3 nitrogen and oxygen atoms in total. The van der Waals surface area contributed by atoms with Gasteiger partial charge in [0.2, 0.25) is 0 Å². The molecular weight excluding hydrogens is 234 g/mol. The molecule has 0 amide bonds. The Labute approximate surface area is 105 Å². The first-order valence-corrected chi connectivity index (χ1v) is 6.20. The van der Waals surface area contributed by atoms with Gasteiger partial charge in [0.1, 0.15) is 5.82 Å². The van der Waals surface area contributed by atoms with Crippen LogP contribution in [0.5, 0.6) is 0 Å². The van der Waals surface area contributed by atoms with Crippen LogP contribution in [0.2, 0.25) is 5.02 Å². The number of aromatic amines is 1. The molecule has 0 spiro atoms. The number of aromatic nitrogens is 2. The number of imidazole rings is 1. The van der Waals surface area contributed by atoms with Crippen molar-refractivity contribution in [3.63, 3.8) is 0 Å². The normalized spacial score (nSPS) is 15.8. The maximum atomic E-state index is 6.14. The van der Waals surface area contributed by atoms with Gasteiger partial charge in [0.05, 0.1) is 5.02 Å². The lowest BCUT2D eigenvalue weighted by molar-refractivity contribution is 0.344. The highest BCUT2D eigenvalue weighted by molar-refractivity contribution is 6.33. The van der Waals surface area contributed by atoms with Gasteiger partial charge in [-0.3, -0.25) is 0 Å². The monoisotopic (exact) mass is 247 g/mol. The molecule has 4 heteroatoms. The molecule has 2 N–H and O–H groups in total. The molecule has 88 valence electrons. The lowest BCUT2D eigenvalue weighted by atomic mass is 9.98. The third-order valence-corrected chi connectivity index (χ3v) is 3.46. The Balaban J connectivity index is 1.82. The molecule has 2 aromatic rings. The fraction of sp³-hybridized carbons (Fsp3) is 0.308. The van der Waals surface area contributed by atoms with E-state index in [1.807, 2.05) is 30.5 Å². The molecule has 3 rings (SSSR count). The maximum absolute atomic E-state index is 6.14. The predicted octanol–water partition coefficient (Wildman–Crippen LogP) is 2.49. The molecule has 1 aromatic heterocycles. The summed E-state index contributed by atoms with van der Waals surface area (Å²) in [6.45, 7) is 2.22. The number of rotatable bonds is 3. The van der Waals surface area contributed by atoms with E-state index in [-0.39, 0.29) is 0 Å². The summed E-state index contributed by atoms with van der Waals surface area (Å²) in [5, 5.41) is 4.01. The zero-order valence-electron chi connectivity index (χ0n) is 9.41. The van der Waals surface area contributed by atoms with Crippen molar-refractivity contribution >= 4 is 11.6 Å². The van der Waals surface area contributed by atoms with Crippen molar-refractivity contribution in [2.24, 2.45) is 5.92 Å². The second kappa shape index (κ2) is 4.51. The van der Waals surface area contributed by atoms with Crippen LogP contribution in [0.3, 0.4) is 0 Å². The second-order valence-electron chi connectivity index (χ2n) is 4.47. The molecule has 1 saturated heterocycles. The third-order valence-electron chi connectivity index (χ3n) is 3.13. The quantitative estimate of drug-likeness (QED) is 0.875. The van der Waals surface area contributed by atoms with Crippen molar-refractivity contribution in [1.29, 1.82) is 0 Å². The largest absolute Gasteiger partial charge is 0.342 e. The smallest absolute Gasteiger partial charge is 0.138 e. The second-order valence-corrected chi connectivity index (χ2v) is 4.87. The number of nitrogens with zero attached hydrogens (tertiary/aromatic N) is 1. The van der Waals surface area contributed by atoms with E-state index in [0.717, 1.165) is 41.8 Å². The van der Waals surface area contributed by atoms with Gasteiger partial charge in [0.15, 0.2) is 0 Å².